The number of nitrogens with one attached hydrogen (secondary N) is 1. The number of β-lactam (4-membered cyclic amide) rings is 1. The Labute approximate surface area is 225 Å². The van der Waals surface area contributed by atoms with Gasteiger partial charge in [-0.3, -0.25) is 9.59 Å². The van der Waals surface area contributed by atoms with Crippen LogP contribution < -0.4 is 5.32 Å². The van der Waals surface area contributed by atoms with Gasteiger partial charge >= 0.3 is 5.97 Å². The molecule has 6 nitrogen and oxygen atoms in total. The molecule has 1 N–H and O–H groups in total. The lowest BCUT2D eigenvalue weighted by atomic mass is 9.98. The number of likely N-dealkylation sites (tertiary alicyclic amines) is 1. The predicted octanol–water partition coefficient (Wildman–Crippen LogP) is 5.00. The zero-order valence-electron chi connectivity index (χ0n) is 20.1. The monoisotopic (exact) mass is 536 g/mol. The van der Waals surface area contributed by atoms with E-state index in [1.54, 1.807) is 24.3 Å². The van der Waals surface area contributed by atoms with Gasteiger partial charge in [0.2, 0.25) is 0 Å². The Kier molecular flexibility index (Phi) is 8.31. The van der Waals surface area contributed by atoms with Crippen molar-refractivity contribution in [3.05, 3.63) is 119 Å². The van der Waals surface area contributed by atoms with E-state index in [4.69, 9.17) is 27.9 Å². The molecule has 8 heteroatoms. The first-order valence-corrected chi connectivity index (χ1v) is 12.7. The minimum absolute atomic E-state index is 0.0884. The number of nitrogens with zero attached hydrogens (tertiary/aromatic N) is 1. The number of amides is 2. The molecule has 3 aromatic carbocycles. The smallest absolute Gasteiger partial charge is 0.334 e. The van der Waals surface area contributed by atoms with Crippen LogP contribution in [0.3, 0.4) is 0 Å². The second-order valence-electron chi connectivity index (χ2n) is 8.77. The van der Waals surface area contributed by atoms with Crippen molar-refractivity contribution in [2.45, 2.75) is 30.6 Å². The number of benzene rings is 3. The SMILES string of the molecule is C=C(CCl)[C@H](C(=O)OC(c1ccccc1)c1ccccc1)N1C(=O)[C@H](NC(=O)c2ccc(C)cc2)[C@H]1Cl. The molecule has 1 aliphatic heterocycles. The van der Waals surface area contributed by atoms with E-state index in [-0.39, 0.29) is 11.5 Å². The fourth-order valence-corrected chi connectivity index (χ4v) is 4.65. The molecule has 1 saturated heterocycles. The number of alkyl halides is 2. The van der Waals surface area contributed by atoms with Crippen LogP contribution >= 0.6 is 23.2 Å². The molecule has 190 valence electrons. The van der Waals surface area contributed by atoms with Gasteiger partial charge in [0.1, 0.15) is 11.5 Å². The molecule has 0 radical (unpaired) electrons. The van der Waals surface area contributed by atoms with Crippen LogP contribution in [0.1, 0.15) is 33.2 Å². The molecule has 1 aliphatic rings. The highest BCUT2D eigenvalue weighted by atomic mass is 35.5. The summed E-state index contributed by atoms with van der Waals surface area (Å²) in [5.74, 6) is -1.77. The number of esters is 1. The summed E-state index contributed by atoms with van der Waals surface area (Å²) in [5.41, 5.74) is 2.19. The zero-order chi connectivity index (χ0) is 26.5. The molecule has 3 aromatic rings. The summed E-state index contributed by atoms with van der Waals surface area (Å²) in [5, 5.41) is 2.65. The summed E-state index contributed by atoms with van der Waals surface area (Å²) in [6.07, 6.45) is -0.720. The second kappa shape index (κ2) is 11.6. The molecule has 0 aromatic heterocycles. The lowest BCUT2D eigenvalue weighted by Crippen LogP contribution is -2.72. The Morgan fingerprint density at radius 3 is 2.00 bits per heavy atom. The van der Waals surface area contributed by atoms with Crippen molar-refractivity contribution in [3.8, 4) is 0 Å². The van der Waals surface area contributed by atoms with Crippen LogP contribution in [0, 0.1) is 6.92 Å². The summed E-state index contributed by atoms with van der Waals surface area (Å²) in [7, 11) is 0. The second-order valence-corrected chi connectivity index (χ2v) is 9.48. The zero-order valence-corrected chi connectivity index (χ0v) is 21.7. The topological polar surface area (TPSA) is 75.7 Å². The number of halogens is 2. The third-order valence-corrected chi connectivity index (χ3v) is 6.97. The Bertz CT molecular complexity index is 1240. The number of carbonyl (C=O) groups is 3. The maximum absolute atomic E-state index is 13.5. The number of rotatable bonds is 9. The van der Waals surface area contributed by atoms with E-state index in [0.717, 1.165) is 21.6 Å². The number of aryl methyl sites for hydroxylation is 1. The van der Waals surface area contributed by atoms with Gasteiger partial charge in [-0.1, -0.05) is 96.5 Å². The van der Waals surface area contributed by atoms with Crippen molar-refractivity contribution in [1.82, 2.24) is 10.2 Å². The largest absolute Gasteiger partial charge is 0.451 e. The van der Waals surface area contributed by atoms with Gasteiger partial charge in [-0.25, -0.2) is 4.79 Å². The summed E-state index contributed by atoms with van der Waals surface area (Å²) in [6.45, 7) is 5.80. The normalized spacial score (nSPS) is 17.6. The fraction of sp³-hybridized carbons (Fsp3) is 0.207. The summed E-state index contributed by atoms with van der Waals surface area (Å²) in [4.78, 5) is 40.4. The first-order chi connectivity index (χ1) is 17.8. The molecule has 0 unspecified atom stereocenters. The van der Waals surface area contributed by atoms with Crippen molar-refractivity contribution in [2.24, 2.45) is 0 Å². The van der Waals surface area contributed by atoms with E-state index in [9.17, 15) is 14.4 Å². The number of ether oxygens (including phenoxy) is 1. The van der Waals surface area contributed by atoms with Gasteiger partial charge in [0.05, 0.1) is 0 Å². The van der Waals surface area contributed by atoms with Gasteiger partial charge in [0.15, 0.2) is 12.1 Å². The van der Waals surface area contributed by atoms with E-state index < -0.39 is 41.5 Å². The number of hydrogen-bond acceptors (Lipinski definition) is 4. The van der Waals surface area contributed by atoms with Gasteiger partial charge in [-0.05, 0) is 35.8 Å². The Morgan fingerprint density at radius 1 is 0.973 bits per heavy atom. The average molecular weight is 537 g/mol. The lowest BCUT2D eigenvalue weighted by Gasteiger charge is -2.47. The van der Waals surface area contributed by atoms with Crippen molar-refractivity contribution < 1.29 is 19.1 Å². The number of hydrogen-bond donors (Lipinski definition) is 1. The van der Waals surface area contributed by atoms with E-state index in [2.05, 4.69) is 11.9 Å². The van der Waals surface area contributed by atoms with Crippen LogP contribution in [0.2, 0.25) is 0 Å². The highest BCUT2D eigenvalue weighted by Crippen LogP contribution is 2.33. The number of carbonyl (C=O) groups excluding carboxylic acids is 3. The molecule has 3 atom stereocenters. The average Bonchev–Trinajstić information content (AvgIpc) is 2.93. The van der Waals surface area contributed by atoms with Crippen LogP contribution in [0.25, 0.3) is 0 Å². The molecule has 0 bridgehead atoms. The molecule has 2 amide bonds. The lowest BCUT2D eigenvalue weighted by molar-refractivity contribution is -0.164. The van der Waals surface area contributed by atoms with Crippen LogP contribution in [0.5, 0.6) is 0 Å². The molecule has 37 heavy (non-hydrogen) atoms. The van der Waals surface area contributed by atoms with E-state index in [1.807, 2.05) is 67.6 Å². The predicted molar refractivity (Wildman–Crippen MR) is 143 cm³/mol. The summed E-state index contributed by atoms with van der Waals surface area (Å²) in [6, 6.07) is 23.3. The van der Waals surface area contributed by atoms with Gasteiger partial charge in [0.25, 0.3) is 11.8 Å². The van der Waals surface area contributed by atoms with E-state index in [0.29, 0.717) is 5.56 Å². The highest BCUT2D eigenvalue weighted by molar-refractivity contribution is 6.27. The van der Waals surface area contributed by atoms with Crippen molar-refractivity contribution >= 4 is 41.0 Å². The van der Waals surface area contributed by atoms with E-state index in [1.165, 1.54) is 0 Å². The molecule has 1 fully saturated rings. The highest BCUT2D eigenvalue weighted by Gasteiger charge is 2.53. The Hall–Kier alpha value is -3.61. The molecule has 0 saturated carbocycles. The maximum Gasteiger partial charge on any atom is 0.334 e. The standard InChI is InChI=1S/C29H26Cl2N2O4/c1-18-13-15-22(16-14-18)27(34)32-23-26(31)33(28(23)35)24(19(2)17-30)29(36)37-25(20-9-5-3-6-10-20)21-11-7-4-8-12-21/h3-16,23-26H,2,17H2,1H3,(H,32,34)/t23-,24-,26+/m1/s1. The van der Waals surface area contributed by atoms with Crippen molar-refractivity contribution in [3.63, 3.8) is 0 Å². The first kappa shape index (κ1) is 26.5. The third kappa shape index (κ3) is 5.71. The minimum atomic E-state index is -1.21. The molecule has 0 spiro atoms. The van der Waals surface area contributed by atoms with Gasteiger partial charge in [-0.2, -0.15) is 0 Å². The minimum Gasteiger partial charge on any atom is -0.451 e. The van der Waals surface area contributed by atoms with Gasteiger partial charge in [-0.15, -0.1) is 11.6 Å². The van der Waals surface area contributed by atoms with E-state index >= 15 is 0 Å². The Morgan fingerprint density at radius 2 is 1.51 bits per heavy atom. The van der Waals surface area contributed by atoms with Gasteiger partial charge < -0.3 is 15.0 Å². The molecular weight excluding hydrogens is 511 g/mol. The molecule has 1 heterocycles. The van der Waals surface area contributed by atoms with Crippen LogP contribution in [0.15, 0.2) is 97.1 Å². The van der Waals surface area contributed by atoms with Gasteiger partial charge in [0, 0.05) is 11.4 Å². The van der Waals surface area contributed by atoms with Crippen molar-refractivity contribution in [2.75, 3.05) is 5.88 Å². The molecular formula is C29H26Cl2N2O4. The third-order valence-electron chi connectivity index (χ3n) is 6.16. The molecule has 0 aliphatic carbocycles. The first-order valence-electron chi connectivity index (χ1n) is 11.7. The summed E-state index contributed by atoms with van der Waals surface area (Å²) < 4.78 is 5.96. The summed E-state index contributed by atoms with van der Waals surface area (Å²) >= 11 is 12.6. The Balaban J connectivity index is 1.54. The quantitative estimate of drug-likeness (QED) is 0.137. The van der Waals surface area contributed by atoms with Crippen LogP contribution in [0.4, 0.5) is 0 Å². The van der Waals surface area contributed by atoms with Crippen LogP contribution in [-0.4, -0.2) is 46.1 Å². The fourth-order valence-electron chi connectivity index (χ4n) is 4.12. The molecule has 4 rings (SSSR count). The van der Waals surface area contributed by atoms with Crippen LogP contribution in [-0.2, 0) is 14.3 Å². The van der Waals surface area contributed by atoms with Crippen molar-refractivity contribution in [1.29, 1.82) is 0 Å². The maximum atomic E-state index is 13.5.